The van der Waals surface area contributed by atoms with E-state index in [9.17, 15) is 0 Å². The van der Waals surface area contributed by atoms with Gasteiger partial charge in [-0.15, -0.1) is 0 Å². The van der Waals surface area contributed by atoms with Crippen LogP contribution in [0.15, 0.2) is 18.5 Å². The predicted octanol–water partition coefficient (Wildman–Crippen LogP) is 1.13. The fraction of sp³-hybridized carbons (Fsp3) is 0.429. The molecule has 0 atom stereocenters. The van der Waals surface area contributed by atoms with E-state index in [1.54, 1.807) is 7.05 Å². The van der Waals surface area contributed by atoms with Crippen molar-refractivity contribution in [2.24, 2.45) is 0 Å². The van der Waals surface area contributed by atoms with Gasteiger partial charge in [0.15, 0.2) is 0 Å². The van der Waals surface area contributed by atoms with Crippen LogP contribution in [0, 0.1) is 13.8 Å². The van der Waals surface area contributed by atoms with Crippen molar-refractivity contribution in [3.05, 3.63) is 35.4 Å². The van der Waals surface area contributed by atoms with E-state index >= 15 is 0 Å². The van der Waals surface area contributed by atoms with Crippen LogP contribution in [-0.2, 0) is 6.54 Å². The first-order valence-electron chi connectivity index (χ1n) is 6.93. The van der Waals surface area contributed by atoms with Crippen LogP contribution in [0.2, 0.25) is 0 Å². The fourth-order valence-corrected chi connectivity index (χ4v) is 1.88. The van der Waals surface area contributed by atoms with Crippen molar-refractivity contribution < 1.29 is 0 Å². The Balaban J connectivity index is 1.69. The molecule has 0 fully saturated rings. The minimum Gasteiger partial charge on any atom is -0.357 e. The topological polar surface area (TPSA) is 87.7 Å². The lowest BCUT2D eigenvalue weighted by Gasteiger charge is -2.08. The first-order valence-corrected chi connectivity index (χ1v) is 6.93. The second kappa shape index (κ2) is 7.49. The van der Waals surface area contributed by atoms with E-state index in [0.717, 1.165) is 36.6 Å². The highest BCUT2D eigenvalue weighted by Crippen LogP contribution is 2.03. The van der Waals surface area contributed by atoms with Gasteiger partial charge in [-0.05, 0) is 19.9 Å². The average Bonchev–Trinajstić information content (AvgIpc) is 2.46. The lowest BCUT2D eigenvalue weighted by molar-refractivity contribution is 0.700. The van der Waals surface area contributed by atoms with Gasteiger partial charge in [-0.25, -0.2) is 19.9 Å². The lowest BCUT2D eigenvalue weighted by Crippen LogP contribution is -2.22. The van der Waals surface area contributed by atoms with E-state index in [2.05, 4.69) is 35.9 Å². The largest absolute Gasteiger partial charge is 0.357 e. The molecule has 0 aromatic carbocycles. The number of rotatable bonds is 7. The fourth-order valence-electron chi connectivity index (χ4n) is 1.88. The molecule has 2 aromatic rings. The maximum Gasteiger partial charge on any atom is 0.223 e. The number of nitrogens with one attached hydrogen (secondary N) is 3. The van der Waals surface area contributed by atoms with Crippen LogP contribution in [0.5, 0.6) is 0 Å². The number of hydrogen-bond donors (Lipinski definition) is 3. The predicted molar refractivity (Wildman–Crippen MR) is 83.3 cm³/mol. The minimum absolute atomic E-state index is 0.632. The van der Waals surface area contributed by atoms with Gasteiger partial charge in [0.05, 0.1) is 0 Å². The third kappa shape index (κ3) is 4.96. The molecule has 2 rings (SSSR count). The molecular weight excluding hydrogens is 266 g/mol. The zero-order valence-corrected chi connectivity index (χ0v) is 12.6. The Morgan fingerprint density at radius 2 is 1.62 bits per heavy atom. The Labute approximate surface area is 124 Å². The number of nitrogens with zero attached hydrogens (tertiary/aromatic N) is 4. The van der Waals surface area contributed by atoms with E-state index in [1.165, 1.54) is 0 Å². The highest BCUT2D eigenvalue weighted by Gasteiger charge is 1.99. The summed E-state index contributed by atoms with van der Waals surface area (Å²) in [6.45, 7) is 6.24. The average molecular weight is 287 g/mol. The van der Waals surface area contributed by atoms with Gasteiger partial charge in [-0.2, -0.15) is 0 Å². The first kappa shape index (κ1) is 15.1. The van der Waals surface area contributed by atoms with Crippen LogP contribution in [0.1, 0.15) is 17.0 Å². The summed E-state index contributed by atoms with van der Waals surface area (Å²) in [5, 5.41) is 9.42. The Hall–Kier alpha value is -2.28. The molecule has 0 saturated carbocycles. The molecule has 0 unspecified atom stereocenters. The Kier molecular flexibility index (Phi) is 5.39. The molecule has 2 heterocycles. The van der Waals surface area contributed by atoms with Crippen LogP contribution in [0.3, 0.4) is 0 Å². The van der Waals surface area contributed by atoms with Crippen LogP contribution in [0.4, 0.5) is 11.9 Å². The lowest BCUT2D eigenvalue weighted by atomic mass is 10.3. The Morgan fingerprint density at radius 1 is 0.952 bits per heavy atom. The van der Waals surface area contributed by atoms with E-state index in [-0.39, 0.29) is 0 Å². The molecule has 0 aliphatic carbocycles. The Morgan fingerprint density at radius 3 is 2.24 bits per heavy atom. The van der Waals surface area contributed by atoms with Crippen molar-refractivity contribution in [2.75, 3.05) is 30.8 Å². The highest BCUT2D eigenvalue weighted by molar-refractivity contribution is 5.27. The summed E-state index contributed by atoms with van der Waals surface area (Å²) in [6, 6.07) is 1.96. The van der Waals surface area contributed by atoms with Gasteiger partial charge >= 0.3 is 0 Å². The second-order valence-corrected chi connectivity index (χ2v) is 4.74. The number of hydrogen-bond acceptors (Lipinski definition) is 7. The molecule has 112 valence electrons. The van der Waals surface area contributed by atoms with Crippen molar-refractivity contribution in [2.45, 2.75) is 20.4 Å². The molecule has 0 radical (unpaired) electrons. The van der Waals surface area contributed by atoms with Gasteiger partial charge in [0.1, 0.15) is 0 Å². The molecule has 3 N–H and O–H groups in total. The molecule has 0 aliphatic rings. The van der Waals surface area contributed by atoms with E-state index in [0.29, 0.717) is 11.9 Å². The molecule has 0 aliphatic heterocycles. The quantitative estimate of drug-likeness (QED) is 0.658. The molecule has 0 saturated heterocycles. The van der Waals surface area contributed by atoms with E-state index in [1.807, 2.05) is 32.3 Å². The van der Waals surface area contributed by atoms with Gasteiger partial charge in [-0.1, -0.05) is 0 Å². The molecular formula is C14H21N7. The van der Waals surface area contributed by atoms with Crippen molar-refractivity contribution >= 4 is 11.9 Å². The van der Waals surface area contributed by atoms with Crippen LogP contribution >= 0.6 is 0 Å². The highest BCUT2D eigenvalue weighted by atomic mass is 15.1. The summed E-state index contributed by atoms with van der Waals surface area (Å²) >= 11 is 0. The standard InChI is InChI=1S/C14H21N7/c1-10-6-11(2)21-14(20-10)17-5-4-16-7-12-8-18-13(15-3)19-9-12/h6,8-9,16H,4-5,7H2,1-3H3,(H,15,18,19)(H,17,20,21). The smallest absolute Gasteiger partial charge is 0.223 e. The normalized spacial score (nSPS) is 10.4. The van der Waals surface area contributed by atoms with Crippen LogP contribution in [0.25, 0.3) is 0 Å². The summed E-state index contributed by atoms with van der Waals surface area (Å²) < 4.78 is 0. The van der Waals surface area contributed by atoms with Gasteiger partial charge in [0, 0.05) is 56.0 Å². The van der Waals surface area contributed by atoms with Crippen LogP contribution < -0.4 is 16.0 Å². The monoisotopic (exact) mass is 287 g/mol. The zero-order chi connectivity index (χ0) is 15.1. The summed E-state index contributed by atoms with van der Waals surface area (Å²) in [4.78, 5) is 17.0. The van der Waals surface area contributed by atoms with Crippen molar-refractivity contribution in [1.29, 1.82) is 0 Å². The summed E-state index contributed by atoms with van der Waals surface area (Å²) in [5.74, 6) is 1.31. The number of aryl methyl sites for hydroxylation is 2. The molecule has 2 aromatic heterocycles. The second-order valence-electron chi connectivity index (χ2n) is 4.74. The minimum atomic E-state index is 0.632. The summed E-state index contributed by atoms with van der Waals surface area (Å²) in [5.41, 5.74) is 3.00. The number of aromatic nitrogens is 4. The van der Waals surface area contributed by atoms with Gasteiger partial charge < -0.3 is 16.0 Å². The molecule has 0 amide bonds. The zero-order valence-electron chi connectivity index (χ0n) is 12.6. The first-order chi connectivity index (χ1) is 10.2. The van der Waals surface area contributed by atoms with Crippen molar-refractivity contribution in [3.63, 3.8) is 0 Å². The van der Waals surface area contributed by atoms with Gasteiger partial charge in [0.2, 0.25) is 11.9 Å². The van der Waals surface area contributed by atoms with Crippen LogP contribution in [-0.4, -0.2) is 40.1 Å². The van der Waals surface area contributed by atoms with E-state index in [4.69, 9.17) is 0 Å². The summed E-state index contributed by atoms with van der Waals surface area (Å²) in [7, 11) is 1.80. The van der Waals surface area contributed by atoms with E-state index < -0.39 is 0 Å². The third-order valence-corrected chi connectivity index (χ3v) is 2.83. The SMILES string of the molecule is CNc1ncc(CNCCNc2nc(C)cc(C)n2)cn1. The molecule has 21 heavy (non-hydrogen) atoms. The van der Waals surface area contributed by atoms with Gasteiger partial charge in [0.25, 0.3) is 0 Å². The molecule has 0 bridgehead atoms. The van der Waals surface area contributed by atoms with Crippen molar-refractivity contribution in [3.8, 4) is 0 Å². The molecule has 0 spiro atoms. The van der Waals surface area contributed by atoms with Crippen molar-refractivity contribution in [1.82, 2.24) is 25.3 Å². The third-order valence-electron chi connectivity index (χ3n) is 2.83. The Bertz CT molecular complexity index is 548. The molecule has 7 nitrogen and oxygen atoms in total. The maximum absolute atomic E-state index is 4.33. The maximum atomic E-state index is 4.33. The molecule has 7 heteroatoms. The van der Waals surface area contributed by atoms with Gasteiger partial charge in [-0.3, -0.25) is 0 Å². The number of anilines is 2. The summed E-state index contributed by atoms with van der Waals surface area (Å²) in [6.07, 6.45) is 3.62.